The molecule has 0 saturated carbocycles. The van der Waals surface area contributed by atoms with Crippen LogP contribution >= 0.6 is 0 Å². The number of anilines is 1. The number of hydrogen-bond donors (Lipinski definition) is 2. The third-order valence-electron chi connectivity index (χ3n) is 1.56. The number of nitrogens with zero attached hydrogens (tertiary/aromatic N) is 2. The number of aryl methyl sites for hydroxylation is 1. The molecular formula is C7H12N4O2. The average molecular weight is 184 g/mol. The van der Waals surface area contributed by atoms with E-state index in [1.165, 1.54) is 0 Å². The highest BCUT2D eigenvalue weighted by Crippen LogP contribution is 2.11. The van der Waals surface area contributed by atoms with Gasteiger partial charge in [0.2, 0.25) is 5.91 Å². The van der Waals surface area contributed by atoms with Gasteiger partial charge in [-0.05, 0) is 20.8 Å². The first-order chi connectivity index (χ1) is 5.92. The molecular weight excluding hydrogens is 172 g/mol. The van der Waals surface area contributed by atoms with Gasteiger partial charge >= 0.3 is 6.01 Å². The second kappa shape index (κ2) is 3.04. The van der Waals surface area contributed by atoms with Gasteiger partial charge in [0.15, 0.2) is 5.82 Å². The molecule has 72 valence electrons. The minimum atomic E-state index is -0.890. The summed E-state index contributed by atoms with van der Waals surface area (Å²) in [7, 11) is 0. The van der Waals surface area contributed by atoms with Crippen molar-refractivity contribution in [3.8, 4) is 0 Å². The van der Waals surface area contributed by atoms with Crippen LogP contribution in [0.5, 0.6) is 0 Å². The Morgan fingerprint density at radius 3 is 2.62 bits per heavy atom. The Kier molecular flexibility index (Phi) is 2.22. The number of carbonyl (C=O) groups excluding carboxylic acids is 1. The van der Waals surface area contributed by atoms with E-state index in [2.05, 4.69) is 15.5 Å². The van der Waals surface area contributed by atoms with Crippen molar-refractivity contribution in [2.75, 3.05) is 5.32 Å². The maximum absolute atomic E-state index is 10.9. The van der Waals surface area contributed by atoms with Crippen LogP contribution in [0.25, 0.3) is 0 Å². The largest absolute Gasteiger partial charge is 0.368 e. The fourth-order valence-electron chi connectivity index (χ4n) is 0.677. The number of rotatable bonds is 3. The van der Waals surface area contributed by atoms with E-state index in [1.807, 2.05) is 0 Å². The summed E-state index contributed by atoms with van der Waals surface area (Å²) in [4.78, 5) is 14.8. The van der Waals surface area contributed by atoms with Gasteiger partial charge in [0.25, 0.3) is 0 Å². The van der Waals surface area contributed by atoms with Gasteiger partial charge in [0, 0.05) is 0 Å². The molecule has 1 aromatic heterocycles. The SMILES string of the molecule is Cc1noc(NC(C)(C)C(N)=O)n1. The van der Waals surface area contributed by atoms with Gasteiger partial charge in [-0.2, -0.15) is 4.98 Å². The van der Waals surface area contributed by atoms with Crippen molar-refractivity contribution in [3.05, 3.63) is 5.82 Å². The van der Waals surface area contributed by atoms with Crippen molar-refractivity contribution in [2.24, 2.45) is 5.73 Å². The molecule has 6 heteroatoms. The molecule has 1 heterocycles. The van der Waals surface area contributed by atoms with Gasteiger partial charge in [-0.1, -0.05) is 5.16 Å². The highest BCUT2D eigenvalue weighted by molar-refractivity contribution is 5.86. The predicted octanol–water partition coefficient (Wildman–Crippen LogP) is 0.0538. The molecule has 0 bridgehead atoms. The van der Waals surface area contributed by atoms with Gasteiger partial charge in [-0.3, -0.25) is 4.79 Å². The quantitative estimate of drug-likeness (QED) is 0.692. The van der Waals surface area contributed by atoms with Crippen LogP contribution in [0, 0.1) is 6.92 Å². The Bertz CT molecular complexity index is 318. The average Bonchev–Trinajstić information content (AvgIpc) is 2.34. The first kappa shape index (κ1) is 9.50. The molecule has 0 unspecified atom stereocenters. The summed E-state index contributed by atoms with van der Waals surface area (Å²) in [5.41, 5.74) is 4.24. The minimum absolute atomic E-state index is 0.196. The zero-order valence-corrected chi connectivity index (χ0v) is 7.79. The molecule has 6 nitrogen and oxygen atoms in total. The lowest BCUT2D eigenvalue weighted by Gasteiger charge is -2.19. The van der Waals surface area contributed by atoms with Crippen molar-refractivity contribution in [1.82, 2.24) is 10.1 Å². The van der Waals surface area contributed by atoms with Crippen LogP contribution in [0.1, 0.15) is 19.7 Å². The molecule has 0 aliphatic heterocycles. The molecule has 0 aliphatic rings. The normalized spacial score (nSPS) is 11.3. The van der Waals surface area contributed by atoms with Crippen LogP contribution in [0.2, 0.25) is 0 Å². The fraction of sp³-hybridized carbons (Fsp3) is 0.571. The Labute approximate surface area is 75.5 Å². The number of hydrogen-bond acceptors (Lipinski definition) is 5. The van der Waals surface area contributed by atoms with E-state index in [0.29, 0.717) is 5.82 Å². The second-order valence-electron chi connectivity index (χ2n) is 3.26. The summed E-state index contributed by atoms with van der Waals surface area (Å²) in [6, 6.07) is 0.196. The number of nitrogens with two attached hydrogens (primary N) is 1. The van der Waals surface area contributed by atoms with Gasteiger partial charge in [-0.15, -0.1) is 0 Å². The standard InChI is InChI=1S/C7H12N4O2/c1-4-9-6(13-11-4)10-7(2,3)5(8)12/h1-3H3,(H2,8,12)(H,9,10,11). The van der Waals surface area contributed by atoms with E-state index in [1.54, 1.807) is 20.8 Å². The molecule has 1 rings (SSSR count). The van der Waals surface area contributed by atoms with Crippen molar-refractivity contribution in [2.45, 2.75) is 26.3 Å². The van der Waals surface area contributed by atoms with Gasteiger partial charge in [0.05, 0.1) is 0 Å². The first-order valence-electron chi connectivity index (χ1n) is 3.80. The fourth-order valence-corrected chi connectivity index (χ4v) is 0.677. The Morgan fingerprint density at radius 2 is 2.23 bits per heavy atom. The van der Waals surface area contributed by atoms with E-state index >= 15 is 0 Å². The van der Waals surface area contributed by atoms with E-state index in [9.17, 15) is 4.79 Å². The monoisotopic (exact) mass is 184 g/mol. The molecule has 0 fully saturated rings. The highest BCUT2D eigenvalue weighted by atomic mass is 16.5. The van der Waals surface area contributed by atoms with Crippen LogP contribution < -0.4 is 11.1 Å². The number of amides is 1. The third-order valence-corrected chi connectivity index (χ3v) is 1.56. The summed E-state index contributed by atoms with van der Waals surface area (Å²) >= 11 is 0. The summed E-state index contributed by atoms with van der Waals surface area (Å²) in [5, 5.41) is 6.28. The van der Waals surface area contributed by atoms with Gasteiger partial charge in [0.1, 0.15) is 5.54 Å². The minimum Gasteiger partial charge on any atom is -0.368 e. The zero-order valence-electron chi connectivity index (χ0n) is 7.79. The lowest BCUT2D eigenvalue weighted by atomic mass is 10.1. The van der Waals surface area contributed by atoms with Crippen molar-refractivity contribution < 1.29 is 9.32 Å². The van der Waals surface area contributed by atoms with Gasteiger partial charge < -0.3 is 15.6 Å². The number of primary amides is 1. The van der Waals surface area contributed by atoms with Crippen LogP contribution in [-0.4, -0.2) is 21.6 Å². The molecule has 13 heavy (non-hydrogen) atoms. The Morgan fingerprint density at radius 1 is 1.62 bits per heavy atom. The van der Waals surface area contributed by atoms with E-state index in [4.69, 9.17) is 10.3 Å². The molecule has 1 aromatic rings. The smallest absolute Gasteiger partial charge is 0.322 e. The molecule has 0 spiro atoms. The molecule has 3 N–H and O–H groups in total. The number of aromatic nitrogens is 2. The maximum atomic E-state index is 10.9. The van der Waals surface area contributed by atoms with Crippen LogP contribution in [0.15, 0.2) is 4.52 Å². The molecule has 0 radical (unpaired) electrons. The lowest BCUT2D eigenvalue weighted by molar-refractivity contribution is -0.121. The first-order valence-corrected chi connectivity index (χ1v) is 3.80. The zero-order chi connectivity index (χ0) is 10.1. The molecule has 0 aliphatic carbocycles. The highest BCUT2D eigenvalue weighted by Gasteiger charge is 2.26. The predicted molar refractivity (Wildman–Crippen MR) is 45.9 cm³/mol. The second-order valence-corrected chi connectivity index (χ2v) is 3.26. The Hall–Kier alpha value is -1.59. The number of nitrogens with one attached hydrogen (secondary N) is 1. The summed E-state index contributed by atoms with van der Waals surface area (Å²) < 4.78 is 4.77. The molecule has 0 atom stereocenters. The molecule has 0 saturated heterocycles. The lowest BCUT2D eigenvalue weighted by Crippen LogP contribution is -2.45. The van der Waals surface area contributed by atoms with Crippen LogP contribution in [0.4, 0.5) is 6.01 Å². The van der Waals surface area contributed by atoms with Crippen LogP contribution in [-0.2, 0) is 4.79 Å². The number of carbonyl (C=O) groups is 1. The third kappa shape index (κ3) is 2.17. The van der Waals surface area contributed by atoms with Crippen molar-refractivity contribution >= 4 is 11.9 Å². The summed E-state index contributed by atoms with van der Waals surface area (Å²) in [5.74, 6) is 0.0196. The van der Waals surface area contributed by atoms with E-state index in [0.717, 1.165) is 0 Å². The molecule has 0 aromatic carbocycles. The molecule has 1 amide bonds. The maximum Gasteiger partial charge on any atom is 0.322 e. The van der Waals surface area contributed by atoms with Crippen molar-refractivity contribution in [3.63, 3.8) is 0 Å². The topological polar surface area (TPSA) is 94.0 Å². The Balaban J connectivity index is 2.74. The van der Waals surface area contributed by atoms with E-state index < -0.39 is 11.4 Å². The van der Waals surface area contributed by atoms with Gasteiger partial charge in [-0.25, -0.2) is 0 Å². The summed E-state index contributed by atoms with van der Waals surface area (Å²) in [6.45, 7) is 4.95. The van der Waals surface area contributed by atoms with Crippen molar-refractivity contribution in [1.29, 1.82) is 0 Å². The summed E-state index contributed by atoms with van der Waals surface area (Å²) in [6.07, 6.45) is 0. The van der Waals surface area contributed by atoms with Crippen LogP contribution in [0.3, 0.4) is 0 Å². The van der Waals surface area contributed by atoms with E-state index in [-0.39, 0.29) is 6.01 Å².